The molecule has 17 heavy (non-hydrogen) atoms. The van der Waals surface area contributed by atoms with Crippen molar-refractivity contribution >= 4 is 33.1 Å². The van der Waals surface area contributed by atoms with Gasteiger partial charge in [-0.15, -0.1) is 0 Å². The fourth-order valence-corrected chi connectivity index (χ4v) is 1.88. The van der Waals surface area contributed by atoms with Crippen molar-refractivity contribution in [2.24, 2.45) is 5.73 Å². The van der Waals surface area contributed by atoms with Crippen molar-refractivity contribution in [3.8, 4) is 0 Å². The van der Waals surface area contributed by atoms with E-state index >= 15 is 0 Å². The number of rotatable bonds is 3. The summed E-state index contributed by atoms with van der Waals surface area (Å²) in [6.45, 7) is 0.370. The number of thiocarbonyl (C=S) groups is 1. The first kappa shape index (κ1) is 12.2. The van der Waals surface area contributed by atoms with Crippen molar-refractivity contribution in [2.45, 2.75) is 6.54 Å². The van der Waals surface area contributed by atoms with E-state index in [1.807, 2.05) is 0 Å². The number of aromatic nitrogens is 2. The summed E-state index contributed by atoms with van der Waals surface area (Å²) in [4.78, 5) is 0.192. The molecule has 0 amide bonds. The zero-order valence-electron chi connectivity index (χ0n) is 8.73. The van der Waals surface area contributed by atoms with Gasteiger partial charge in [0.2, 0.25) is 0 Å². The Morgan fingerprint density at radius 2 is 2.29 bits per heavy atom. The molecule has 2 aromatic rings. The molecule has 0 aliphatic heterocycles. The monoisotopic (exact) mass is 313 g/mol. The molecule has 2 N–H and O–H groups in total. The van der Waals surface area contributed by atoms with E-state index in [2.05, 4.69) is 21.0 Å². The first-order valence-corrected chi connectivity index (χ1v) is 6.02. The summed E-state index contributed by atoms with van der Waals surface area (Å²) in [7, 11) is 0. The molecule has 0 atom stereocenters. The average Bonchev–Trinajstić information content (AvgIpc) is 2.67. The quantitative estimate of drug-likeness (QED) is 0.885. The Balaban J connectivity index is 2.25. The van der Waals surface area contributed by atoms with E-state index < -0.39 is 0 Å². The van der Waals surface area contributed by atoms with E-state index in [1.54, 1.807) is 29.2 Å². The van der Waals surface area contributed by atoms with Gasteiger partial charge in [0.15, 0.2) is 0 Å². The summed E-state index contributed by atoms with van der Waals surface area (Å²) in [5, 5.41) is 4.06. The third-order valence-corrected chi connectivity index (χ3v) is 2.92. The summed E-state index contributed by atoms with van der Waals surface area (Å²) < 4.78 is 16.2. The van der Waals surface area contributed by atoms with E-state index in [1.165, 1.54) is 6.07 Å². The molecule has 0 spiro atoms. The second kappa shape index (κ2) is 4.93. The summed E-state index contributed by atoms with van der Waals surface area (Å²) in [6, 6.07) is 4.72. The zero-order chi connectivity index (χ0) is 12.4. The van der Waals surface area contributed by atoms with Crippen LogP contribution in [-0.4, -0.2) is 14.8 Å². The highest BCUT2D eigenvalue weighted by atomic mass is 79.9. The molecule has 6 heteroatoms. The van der Waals surface area contributed by atoms with Crippen LogP contribution in [0, 0.1) is 5.82 Å². The first-order valence-electron chi connectivity index (χ1n) is 4.82. The van der Waals surface area contributed by atoms with Gasteiger partial charge < -0.3 is 5.73 Å². The van der Waals surface area contributed by atoms with Crippen molar-refractivity contribution in [3.05, 3.63) is 52.0 Å². The molecule has 1 aromatic heterocycles. The van der Waals surface area contributed by atoms with Crippen molar-refractivity contribution < 1.29 is 4.39 Å². The van der Waals surface area contributed by atoms with Gasteiger partial charge in [-0.05, 0) is 22.0 Å². The van der Waals surface area contributed by atoms with Gasteiger partial charge in [-0.2, -0.15) is 5.10 Å². The Morgan fingerprint density at radius 1 is 1.53 bits per heavy atom. The van der Waals surface area contributed by atoms with Gasteiger partial charge in [0.05, 0.1) is 17.2 Å². The van der Waals surface area contributed by atoms with E-state index in [-0.39, 0.29) is 10.8 Å². The van der Waals surface area contributed by atoms with Crippen LogP contribution in [0.25, 0.3) is 0 Å². The zero-order valence-corrected chi connectivity index (χ0v) is 11.1. The SMILES string of the molecule is NC(=S)c1ccc(Cn2cc(Br)cn2)c(F)c1. The van der Waals surface area contributed by atoms with Crippen LogP contribution in [0.3, 0.4) is 0 Å². The molecule has 0 saturated carbocycles. The molecule has 88 valence electrons. The Labute approximate surface area is 112 Å². The minimum absolute atomic E-state index is 0.192. The maximum Gasteiger partial charge on any atom is 0.128 e. The normalized spacial score (nSPS) is 10.5. The molecule has 2 rings (SSSR count). The minimum atomic E-state index is -0.332. The van der Waals surface area contributed by atoms with Crippen molar-refractivity contribution in [2.75, 3.05) is 0 Å². The molecular formula is C11H9BrFN3S. The van der Waals surface area contributed by atoms with Crippen LogP contribution in [0.4, 0.5) is 4.39 Å². The summed E-state index contributed by atoms with van der Waals surface area (Å²) in [5.41, 5.74) is 6.50. The predicted octanol–water partition coefficient (Wildman–Crippen LogP) is 2.47. The highest BCUT2D eigenvalue weighted by Gasteiger charge is 2.06. The standard InChI is InChI=1S/C11H9BrFN3S/c12-9-4-15-16(6-9)5-8-2-1-7(11(14)17)3-10(8)13/h1-4,6H,5H2,(H2,14,17). The fourth-order valence-electron chi connectivity index (χ4n) is 1.43. The van der Waals surface area contributed by atoms with Gasteiger partial charge in [0.1, 0.15) is 10.8 Å². The fraction of sp³-hybridized carbons (Fsp3) is 0.0909. The van der Waals surface area contributed by atoms with Gasteiger partial charge in [-0.1, -0.05) is 24.4 Å². The minimum Gasteiger partial charge on any atom is -0.389 e. The summed E-state index contributed by atoms with van der Waals surface area (Å²) in [6.07, 6.45) is 3.43. The lowest BCUT2D eigenvalue weighted by atomic mass is 10.1. The number of hydrogen-bond acceptors (Lipinski definition) is 2. The van der Waals surface area contributed by atoms with Crippen LogP contribution in [0.15, 0.2) is 35.1 Å². The molecule has 1 aromatic carbocycles. The molecule has 0 aliphatic carbocycles. The van der Waals surface area contributed by atoms with Gasteiger partial charge in [0, 0.05) is 17.3 Å². The first-order chi connectivity index (χ1) is 8.06. The van der Waals surface area contributed by atoms with Crippen LogP contribution in [0.5, 0.6) is 0 Å². The largest absolute Gasteiger partial charge is 0.389 e. The Morgan fingerprint density at radius 3 is 2.82 bits per heavy atom. The molecular weight excluding hydrogens is 305 g/mol. The number of nitrogens with two attached hydrogens (primary N) is 1. The molecule has 0 radical (unpaired) electrons. The smallest absolute Gasteiger partial charge is 0.128 e. The van der Waals surface area contributed by atoms with Crippen LogP contribution in [0.1, 0.15) is 11.1 Å². The summed E-state index contributed by atoms with van der Waals surface area (Å²) in [5.74, 6) is -0.332. The maximum atomic E-state index is 13.7. The topological polar surface area (TPSA) is 43.8 Å². The lowest BCUT2D eigenvalue weighted by molar-refractivity contribution is 0.585. The third kappa shape index (κ3) is 2.89. The number of nitrogens with zero attached hydrogens (tertiary/aromatic N) is 2. The Hall–Kier alpha value is -1.27. The highest BCUT2D eigenvalue weighted by molar-refractivity contribution is 9.10. The average molecular weight is 314 g/mol. The lowest BCUT2D eigenvalue weighted by Crippen LogP contribution is -2.10. The molecule has 1 heterocycles. The number of halogens is 2. The number of hydrogen-bond donors (Lipinski definition) is 1. The predicted molar refractivity (Wildman–Crippen MR) is 71.3 cm³/mol. The molecule has 0 aliphatic rings. The van der Waals surface area contributed by atoms with E-state index in [0.29, 0.717) is 17.7 Å². The lowest BCUT2D eigenvalue weighted by Gasteiger charge is -2.05. The molecule has 0 bridgehead atoms. The molecule has 0 fully saturated rings. The van der Waals surface area contributed by atoms with Gasteiger partial charge in [-0.3, -0.25) is 4.68 Å². The highest BCUT2D eigenvalue weighted by Crippen LogP contribution is 2.13. The van der Waals surface area contributed by atoms with E-state index in [4.69, 9.17) is 18.0 Å². The van der Waals surface area contributed by atoms with Crippen molar-refractivity contribution in [1.82, 2.24) is 9.78 Å². The Kier molecular flexibility index (Phi) is 3.54. The molecule has 3 nitrogen and oxygen atoms in total. The molecule has 0 unspecified atom stereocenters. The van der Waals surface area contributed by atoms with Crippen LogP contribution in [-0.2, 0) is 6.54 Å². The van der Waals surface area contributed by atoms with Gasteiger partial charge >= 0.3 is 0 Å². The van der Waals surface area contributed by atoms with Gasteiger partial charge in [-0.25, -0.2) is 4.39 Å². The second-order valence-electron chi connectivity index (χ2n) is 3.53. The van der Waals surface area contributed by atoms with Crippen LogP contribution < -0.4 is 5.73 Å². The second-order valence-corrected chi connectivity index (χ2v) is 4.88. The maximum absolute atomic E-state index is 13.7. The number of benzene rings is 1. The van der Waals surface area contributed by atoms with Crippen LogP contribution in [0.2, 0.25) is 0 Å². The summed E-state index contributed by atoms with van der Waals surface area (Å²) >= 11 is 8.07. The van der Waals surface area contributed by atoms with Crippen LogP contribution >= 0.6 is 28.1 Å². The van der Waals surface area contributed by atoms with E-state index in [0.717, 1.165) is 4.47 Å². The third-order valence-electron chi connectivity index (χ3n) is 2.27. The van der Waals surface area contributed by atoms with Gasteiger partial charge in [0.25, 0.3) is 0 Å². The molecule has 0 saturated heterocycles. The Bertz CT molecular complexity index is 568. The van der Waals surface area contributed by atoms with Crippen molar-refractivity contribution in [1.29, 1.82) is 0 Å². The van der Waals surface area contributed by atoms with E-state index in [9.17, 15) is 4.39 Å². The van der Waals surface area contributed by atoms with Crippen molar-refractivity contribution in [3.63, 3.8) is 0 Å².